The van der Waals surface area contributed by atoms with Gasteiger partial charge in [0.15, 0.2) is 0 Å². The van der Waals surface area contributed by atoms with Crippen LogP contribution in [0, 0.1) is 0 Å². The van der Waals surface area contributed by atoms with Crippen LogP contribution in [0.1, 0.15) is 0 Å². The van der Waals surface area contributed by atoms with Crippen LogP contribution in [0.2, 0.25) is 0 Å². The zero-order valence-electron chi connectivity index (χ0n) is 15.0. The number of hydrogen-bond donors (Lipinski definition) is 2. The smallest absolute Gasteiger partial charge is 0.258 e. The summed E-state index contributed by atoms with van der Waals surface area (Å²) >= 11 is 0. The molecule has 0 amide bonds. The van der Waals surface area contributed by atoms with Gasteiger partial charge in [0.1, 0.15) is 5.82 Å². The largest absolute Gasteiger partial charge is 0.340 e. The van der Waals surface area contributed by atoms with Crippen LogP contribution >= 0.6 is 0 Å². The maximum absolute atomic E-state index is 12.6. The highest BCUT2D eigenvalue weighted by Gasteiger charge is 2.13. The lowest BCUT2D eigenvalue weighted by Crippen LogP contribution is -2.07. The average Bonchev–Trinajstić information content (AvgIpc) is 3.15. The van der Waals surface area contributed by atoms with E-state index in [1.165, 1.54) is 0 Å². The van der Waals surface area contributed by atoms with Gasteiger partial charge in [-0.1, -0.05) is 12.1 Å². The van der Waals surface area contributed by atoms with Crippen LogP contribution < -0.4 is 10.9 Å². The maximum Gasteiger partial charge on any atom is 0.258 e. The van der Waals surface area contributed by atoms with E-state index in [1.54, 1.807) is 23.3 Å². The number of pyridine rings is 3. The Morgan fingerprint density at radius 3 is 2.68 bits per heavy atom. The van der Waals surface area contributed by atoms with Gasteiger partial charge in [0.25, 0.3) is 5.56 Å². The molecule has 4 aromatic heterocycles. The van der Waals surface area contributed by atoms with E-state index in [0.717, 1.165) is 27.6 Å². The van der Waals surface area contributed by atoms with Crippen molar-refractivity contribution in [3.8, 4) is 11.1 Å². The normalized spacial score (nSPS) is 11.2. The van der Waals surface area contributed by atoms with Gasteiger partial charge in [-0.3, -0.25) is 14.5 Å². The highest BCUT2D eigenvalue weighted by molar-refractivity contribution is 6.11. The molecule has 0 unspecified atom stereocenters. The Hall–Kier alpha value is -4.00. The van der Waals surface area contributed by atoms with Crippen molar-refractivity contribution in [2.45, 2.75) is 0 Å². The van der Waals surface area contributed by atoms with Crippen LogP contribution in [0.5, 0.6) is 0 Å². The molecule has 0 aliphatic rings. The summed E-state index contributed by atoms with van der Waals surface area (Å²) in [6.07, 6.45) is 8.81. The molecule has 0 spiro atoms. The van der Waals surface area contributed by atoms with E-state index < -0.39 is 0 Å². The standard InChI is InChI=1S/C21H16N6O/c1-27-12-14(11-24-27)13-2-3-16-17(10-13)19-18(6-9-23-21(19)28)26-20(16)25-15-4-7-22-8-5-15/h2-12H,1H3,(H,23,28)(H,22,25,26). The third-order valence-electron chi connectivity index (χ3n) is 4.70. The van der Waals surface area contributed by atoms with E-state index in [1.807, 2.05) is 55.8 Å². The summed E-state index contributed by atoms with van der Waals surface area (Å²) in [5, 5.41) is 9.87. The van der Waals surface area contributed by atoms with E-state index in [0.29, 0.717) is 16.7 Å². The first-order chi connectivity index (χ1) is 13.7. The van der Waals surface area contributed by atoms with Crippen molar-refractivity contribution in [3.05, 3.63) is 77.7 Å². The van der Waals surface area contributed by atoms with Crippen molar-refractivity contribution >= 4 is 33.2 Å². The van der Waals surface area contributed by atoms with E-state index in [4.69, 9.17) is 4.98 Å². The zero-order valence-corrected chi connectivity index (χ0v) is 15.0. The number of aryl methyl sites for hydroxylation is 1. The number of benzene rings is 1. The number of nitrogens with zero attached hydrogens (tertiary/aromatic N) is 4. The number of aromatic amines is 1. The monoisotopic (exact) mass is 368 g/mol. The number of rotatable bonds is 3. The lowest BCUT2D eigenvalue weighted by molar-refractivity contribution is 0.768. The topological polar surface area (TPSA) is 88.5 Å². The second kappa shape index (κ2) is 6.31. The number of anilines is 2. The highest BCUT2D eigenvalue weighted by Crippen LogP contribution is 2.32. The minimum atomic E-state index is -0.159. The first-order valence-electron chi connectivity index (χ1n) is 8.80. The van der Waals surface area contributed by atoms with Gasteiger partial charge in [0.2, 0.25) is 0 Å². The fourth-order valence-corrected chi connectivity index (χ4v) is 3.38. The summed E-state index contributed by atoms with van der Waals surface area (Å²) in [5.41, 5.74) is 3.34. The van der Waals surface area contributed by atoms with Gasteiger partial charge in [-0.15, -0.1) is 0 Å². The molecule has 7 heteroatoms. The van der Waals surface area contributed by atoms with Crippen molar-refractivity contribution in [2.24, 2.45) is 7.05 Å². The Balaban J connectivity index is 1.80. The molecule has 0 saturated carbocycles. The van der Waals surface area contributed by atoms with Gasteiger partial charge in [-0.2, -0.15) is 5.10 Å². The molecule has 136 valence electrons. The summed E-state index contributed by atoms with van der Waals surface area (Å²) in [7, 11) is 1.88. The first-order valence-corrected chi connectivity index (χ1v) is 8.80. The third-order valence-corrected chi connectivity index (χ3v) is 4.70. The Labute approximate surface area is 159 Å². The molecule has 5 rings (SSSR count). The molecule has 0 aliphatic heterocycles. The van der Waals surface area contributed by atoms with Crippen LogP contribution in [0.3, 0.4) is 0 Å². The van der Waals surface area contributed by atoms with Gasteiger partial charge >= 0.3 is 0 Å². The molecule has 5 aromatic rings. The maximum atomic E-state index is 12.6. The zero-order chi connectivity index (χ0) is 19.1. The van der Waals surface area contributed by atoms with Crippen molar-refractivity contribution in [3.63, 3.8) is 0 Å². The molecule has 4 heterocycles. The van der Waals surface area contributed by atoms with Gasteiger partial charge in [-0.25, -0.2) is 4.98 Å². The van der Waals surface area contributed by atoms with E-state index in [9.17, 15) is 4.79 Å². The van der Waals surface area contributed by atoms with Gasteiger partial charge in [-0.05, 0) is 29.8 Å². The fourth-order valence-electron chi connectivity index (χ4n) is 3.38. The molecule has 0 saturated heterocycles. The van der Waals surface area contributed by atoms with Gasteiger partial charge in [0.05, 0.1) is 17.1 Å². The van der Waals surface area contributed by atoms with Gasteiger partial charge in [0, 0.05) is 53.9 Å². The fraction of sp³-hybridized carbons (Fsp3) is 0.0476. The number of H-pyrrole nitrogens is 1. The number of fused-ring (bicyclic) bond motifs is 3. The first kappa shape index (κ1) is 16.2. The molecule has 28 heavy (non-hydrogen) atoms. The van der Waals surface area contributed by atoms with Crippen LogP contribution in [0.15, 0.2) is 72.2 Å². The molecular formula is C21H16N6O. The van der Waals surface area contributed by atoms with E-state index >= 15 is 0 Å². The third kappa shape index (κ3) is 2.69. The minimum absolute atomic E-state index is 0.159. The molecule has 0 atom stereocenters. The molecule has 0 radical (unpaired) electrons. The number of nitrogens with one attached hydrogen (secondary N) is 2. The van der Waals surface area contributed by atoms with E-state index in [2.05, 4.69) is 20.4 Å². The Morgan fingerprint density at radius 1 is 1.04 bits per heavy atom. The predicted molar refractivity (Wildman–Crippen MR) is 110 cm³/mol. The van der Waals surface area contributed by atoms with Crippen LogP contribution in [-0.2, 0) is 7.05 Å². The van der Waals surface area contributed by atoms with Crippen molar-refractivity contribution in [1.82, 2.24) is 24.7 Å². The second-order valence-electron chi connectivity index (χ2n) is 6.55. The second-order valence-corrected chi connectivity index (χ2v) is 6.55. The molecular weight excluding hydrogens is 352 g/mol. The molecule has 7 nitrogen and oxygen atoms in total. The van der Waals surface area contributed by atoms with Crippen LogP contribution in [0.4, 0.5) is 11.5 Å². The molecule has 0 bridgehead atoms. The van der Waals surface area contributed by atoms with E-state index in [-0.39, 0.29) is 5.56 Å². The Bertz CT molecular complexity index is 1370. The summed E-state index contributed by atoms with van der Waals surface area (Å²) in [5.74, 6) is 0.692. The summed E-state index contributed by atoms with van der Waals surface area (Å²) in [4.78, 5) is 24.1. The lowest BCUT2D eigenvalue weighted by Gasteiger charge is -2.12. The summed E-state index contributed by atoms with van der Waals surface area (Å²) in [6, 6.07) is 11.6. The van der Waals surface area contributed by atoms with Crippen molar-refractivity contribution < 1.29 is 0 Å². The average molecular weight is 368 g/mol. The quantitative estimate of drug-likeness (QED) is 0.475. The summed E-state index contributed by atoms with van der Waals surface area (Å²) in [6.45, 7) is 0. The van der Waals surface area contributed by atoms with Crippen LogP contribution in [0.25, 0.3) is 32.8 Å². The molecule has 0 aliphatic carbocycles. The highest BCUT2D eigenvalue weighted by atomic mass is 16.1. The van der Waals surface area contributed by atoms with Crippen molar-refractivity contribution in [1.29, 1.82) is 0 Å². The van der Waals surface area contributed by atoms with Gasteiger partial charge < -0.3 is 10.3 Å². The molecule has 1 aromatic carbocycles. The Kier molecular flexibility index (Phi) is 3.65. The number of aromatic nitrogens is 5. The molecule has 0 fully saturated rings. The minimum Gasteiger partial charge on any atom is -0.340 e. The molecule has 2 N–H and O–H groups in total. The lowest BCUT2D eigenvalue weighted by atomic mass is 10.0. The SMILES string of the molecule is Cn1cc(-c2ccc3c(Nc4ccncc4)nc4cc[nH]c(=O)c4c3c2)cn1. The predicted octanol–water partition coefficient (Wildman–Crippen LogP) is 3.62. The van der Waals surface area contributed by atoms with Crippen molar-refractivity contribution in [2.75, 3.05) is 5.32 Å². The summed E-state index contributed by atoms with van der Waals surface area (Å²) < 4.78 is 1.76. The number of hydrogen-bond acceptors (Lipinski definition) is 5. The van der Waals surface area contributed by atoms with Crippen LogP contribution in [-0.4, -0.2) is 24.7 Å². The Morgan fingerprint density at radius 2 is 1.89 bits per heavy atom.